The van der Waals surface area contributed by atoms with Gasteiger partial charge in [0.1, 0.15) is 6.04 Å². The summed E-state index contributed by atoms with van der Waals surface area (Å²) in [6.45, 7) is 0. The highest BCUT2D eigenvalue weighted by Gasteiger charge is 2.25. The Balaban J connectivity index is 3.03. The van der Waals surface area contributed by atoms with Crippen molar-refractivity contribution in [1.82, 2.24) is 15.1 Å². The molecule has 6 heteroatoms. The van der Waals surface area contributed by atoms with Gasteiger partial charge in [0.05, 0.1) is 16.4 Å². The molecule has 0 aliphatic heterocycles. The standard InChI is InChI=1S/C7H10BrF2N3/c1-11-5(7(9)10)6-4(8)3-12-13(6)2/h3,5,7,11H,1-2H3. The highest BCUT2D eigenvalue weighted by molar-refractivity contribution is 9.10. The number of nitrogens with one attached hydrogen (secondary N) is 1. The third kappa shape index (κ3) is 2.05. The van der Waals surface area contributed by atoms with Gasteiger partial charge in [0.15, 0.2) is 0 Å². The first kappa shape index (κ1) is 10.6. The van der Waals surface area contributed by atoms with Crippen LogP contribution in [0.25, 0.3) is 0 Å². The molecule has 0 aliphatic rings. The summed E-state index contributed by atoms with van der Waals surface area (Å²) >= 11 is 3.17. The fraction of sp³-hybridized carbons (Fsp3) is 0.571. The summed E-state index contributed by atoms with van der Waals surface area (Å²) < 4.78 is 27.0. The minimum absolute atomic E-state index is 0.456. The fourth-order valence-corrected chi connectivity index (χ4v) is 1.75. The molecule has 1 unspecified atom stereocenters. The molecule has 74 valence electrons. The van der Waals surface area contributed by atoms with E-state index in [9.17, 15) is 8.78 Å². The lowest BCUT2D eigenvalue weighted by Crippen LogP contribution is -2.26. The second-order valence-corrected chi connectivity index (χ2v) is 3.46. The number of hydrogen-bond donors (Lipinski definition) is 1. The van der Waals surface area contributed by atoms with Crippen LogP contribution in [-0.2, 0) is 7.05 Å². The van der Waals surface area contributed by atoms with Gasteiger partial charge in [-0.05, 0) is 23.0 Å². The number of aryl methyl sites for hydroxylation is 1. The van der Waals surface area contributed by atoms with Gasteiger partial charge in [-0.1, -0.05) is 0 Å². The van der Waals surface area contributed by atoms with E-state index in [0.717, 1.165) is 0 Å². The minimum atomic E-state index is -2.45. The van der Waals surface area contributed by atoms with Gasteiger partial charge in [0.25, 0.3) is 6.43 Å². The van der Waals surface area contributed by atoms with Gasteiger partial charge in [0.2, 0.25) is 0 Å². The zero-order chi connectivity index (χ0) is 10.0. The molecule has 1 rings (SSSR count). The Hall–Kier alpha value is -0.490. The van der Waals surface area contributed by atoms with E-state index >= 15 is 0 Å². The van der Waals surface area contributed by atoms with Crippen LogP contribution < -0.4 is 5.32 Å². The van der Waals surface area contributed by atoms with Gasteiger partial charge in [-0.25, -0.2) is 8.78 Å². The van der Waals surface area contributed by atoms with Crippen molar-refractivity contribution < 1.29 is 8.78 Å². The van der Waals surface area contributed by atoms with Crippen molar-refractivity contribution in [2.75, 3.05) is 7.05 Å². The molecule has 0 spiro atoms. The van der Waals surface area contributed by atoms with Crippen LogP contribution in [0.2, 0.25) is 0 Å². The van der Waals surface area contributed by atoms with Crippen LogP contribution in [-0.4, -0.2) is 23.3 Å². The molecule has 1 atom stereocenters. The Kier molecular flexibility index (Phi) is 3.38. The number of hydrogen-bond acceptors (Lipinski definition) is 2. The Morgan fingerprint density at radius 2 is 2.23 bits per heavy atom. The topological polar surface area (TPSA) is 29.9 Å². The van der Waals surface area contributed by atoms with Gasteiger partial charge in [0, 0.05) is 7.05 Å². The second kappa shape index (κ2) is 4.15. The third-order valence-electron chi connectivity index (χ3n) is 1.80. The Bertz CT molecular complexity index is 268. The van der Waals surface area contributed by atoms with Crippen molar-refractivity contribution in [3.05, 3.63) is 16.4 Å². The number of aromatic nitrogens is 2. The van der Waals surface area contributed by atoms with Gasteiger partial charge in [-0.3, -0.25) is 4.68 Å². The predicted molar refractivity (Wildman–Crippen MR) is 48.7 cm³/mol. The third-order valence-corrected chi connectivity index (χ3v) is 2.41. The number of nitrogens with zero attached hydrogens (tertiary/aromatic N) is 2. The van der Waals surface area contributed by atoms with E-state index in [2.05, 4.69) is 26.3 Å². The predicted octanol–water partition coefficient (Wildman–Crippen LogP) is 1.71. The van der Waals surface area contributed by atoms with Crippen LogP contribution in [0, 0.1) is 0 Å². The van der Waals surface area contributed by atoms with Crippen LogP contribution in [0.4, 0.5) is 8.78 Å². The lowest BCUT2D eigenvalue weighted by atomic mass is 10.2. The zero-order valence-electron chi connectivity index (χ0n) is 7.26. The van der Waals surface area contributed by atoms with E-state index in [1.54, 1.807) is 7.05 Å². The molecule has 3 nitrogen and oxygen atoms in total. The van der Waals surface area contributed by atoms with E-state index in [-0.39, 0.29) is 0 Å². The molecule has 0 radical (unpaired) electrons. The van der Waals surface area contributed by atoms with Crippen molar-refractivity contribution in [3.8, 4) is 0 Å². The van der Waals surface area contributed by atoms with Crippen LogP contribution >= 0.6 is 15.9 Å². The van der Waals surface area contributed by atoms with Crippen molar-refractivity contribution in [3.63, 3.8) is 0 Å². The van der Waals surface area contributed by atoms with Crippen LogP contribution in [0.5, 0.6) is 0 Å². The first-order valence-electron chi connectivity index (χ1n) is 3.70. The highest BCUT2D eigenvalue weighted by Crippen LogP contribution is 2.26. The second-order valence-electron chi connectivity index (χ2n) is 2.60. The van der Waals surface area contributed by atoms with E-state index in [4.69, 9.17) is 0 Å². The Morgan fingerprint density at radius 1 is 1.62 bits per heavy atom. The van der Waals surface area contributed by atoms with Gasteiger partial charge in [-0.2, -0.15) is 5.10 Å². The molecule has 1 heterocycles. The van der Waals surface area contributed by atoms with E-state index in [0.29, 0.717) is 10.2 Å². The quantitative estimate of drug-likeness (QED) is 0.889. The maximum Gasteiger partial charge on any atom is 0.259 e. The summed E-state index contributed by atoms with van der Waals surface area (Å²) in [5.41, 5.74) is 0.456. The summed E-state index contributed by atoms with van der Waals surface area (Å²) in [5.74, 6) is 0. The lowest BCUT2D eigenvalue weighted by molar-refractivity contribution is 0.0982. The van der Waals surface area contributed by atoms with Crippen LogP contribution in [0.15, 0.2) is 10.7 Å². The largest absolute Gasteiger partial charge is 0.307 e. The Morgan fingerprint density at radius 3 is 2.54 bits per heavy atom. The molecule has 13 heavy (non-hydrogen) atoms. The minimum Gasteiger partial charge on any atom is -0.307 e. The van der Waals surface area contributed by atoms with E-state index in [1.165, 1.54) is 17.9 Å². The first-order valence-corrected chi connectivity index (χ1v) is 4.50. The molecular formula is C7H10BrF2N3. The van der Waals surface area contributed by atoms with Gasteiger partial charge >= 0.3 is 0 Å². The normalized spacial score (nSPS) is 13.7. The van der Waals surface area contributed by atoms with E-state index < -0.39 is 12.5 Å². The molecular weight excluding hydrogens is 244 g/mol. The van der Waals surface area contributed by atoms with Crippen LogP contribution in [0.3, 0.4) is 0 Å². The highest BCUT2D eigenvalue weighted by atomic mass is 79.9. The van der Waals surface area contributed by atoms with E-state index in [1.807, 2.05) is 0 Å². The molecule has 0 fully saturated rings. The van der Waals surface area contributed by atoms with Crippen molar-refractivity contribution in [2.45, 2.75) is 12.5 Å². The van der Waals surface area contributed by atoms with Crippen molar-refractivity contribution in [1.29, 1.82) is 0 Å². The monoisotopic (exact) mass is 253 g/mol. The first-order chi connectivity index (χ1) is 6.07. The number of rotatable bonds is 3. The fourth-order valence-electron chi connectivity index (χ4n) is 1.15. The SMILES string of the molecule is CNC(c1c(Br)cnn1C)C(F)F. The molecule has 1 aromatic heterocycles. The summed E-state index contributed by atoms with van der Waals surface area (Å²) in [6, 6.07) is -0.984. The summed E-state index contributed by atoms with van der Waals surface area (Å²) in [7, 11) is 3.13. The average Bonchev–Trinajstić information content (AvgIpc) is 2.36. The summed E-state index contributed by atoms with van der Waals surface area (Å²) in [6.07, 6.45) is -0.945. The number of halogens is 3. The molecule has 0 saturated carbocycles. The van der Waals surface area contributed by atoms with Gasteiger partial charge in [-0.15, -0.1) is 0 Å². The zero-order valence-corrected chi connectivity index (χ0v) is 8.85. The number of alkyl halides is 2. The molecule has 0 aliphatic carbocycles. The van der Waals surface area contributed by atoms with Crippen LogP contribution in [0.1, 0.15) is 11.7 Å². The molecule has 0 aromatic carbocycles. The maximum atomic E-state index is 12.5. The summed E-state index contributed by atoms with van der Waals surface area (Å²) in [5, 5.41) is 6.41. The van der Waals surface area contributed by atoms with Crippen molar-refractivity contribution >= 4 is 15.9 Å². The Labute approximate surface area is 83.2 Å². The molecule has 0 saturated heterocycles. The summed E-state index contributed by atoms with van der Waals surface area (Å²) in [4.78, 5) is 0. The van der Waals surface area contributed by atoms with Crippen molar-refractivity contribution in [2.24, 2.45) is 7.05 Å². The smallest absolute Gasteiger partial charge is 0.259 e. The lowest BCUT2D eigenvalue weighted by Gasteiger charge is -2.15. The molecule has 1 aromatic rings. The maximum absolute atomic E-state index is 12.5. The average molecular weight is 254 g/mol. The molecule has 0 amide bonds. The molecule has 1 N–H and O–H groups in total. The molecule has 0 bridgehead atoms. The van der Waals surface area contributed by atoms with Gasteiger partial charge < -0.3 is 5.32 Å².